The van der Waals surface area contributed by atoms with E-state index in [0.717, 1.165) is 49.7 Å². The fraction of sp³-hybridized carbons (Fsp3) is 0.429. The summed E-state index contributed by atoms with van der Waals surface area (Å²) in [5.74, 6) is -0.258. The van der Waals surface area contributed by atoms with Crippen LogP contribution in [0.25, 0.3) is 0 Å². The number of amides is 1. The van der Waals surface area contributed by atoms with Crippen molar-refractivity contribution in [3.63, 3.8) is 0 Å². The third kappa shape index (κ3) is 4.25. The predicted octanol–water partition coefficient (Wildman–Crippen LogP) is 4.41. The average molecular weight is 465 g/mol. The summed E-state index contributed by atoms with van der Waals surface area (Å²) < 4.78 is 0.737. The third-order valence-electron chi connectivity index (χ3n) is 5.74. The predicted molar refractivity (Wildman–Crippen MR) is 114 cm³/mol. The van der Waals surface area contributed by atoms with Crippen LogP contribution in [0.5, 0.6) is 0 Å². The molecule has 0 unspecified atom stereocenters. The first-order valence-corrected chi connectivity index (χ1v) is 10.8. The number of rotatable bonds is 3. The number of pyridine rings is 1. The molecule has 2 aliphatic rings. The van der Waals surface area contributed by atoms with Gasteiger partial charge in [-0.05, 0) is 77.4 Å². The minimum atomic E-state index is -0.258. The molecular weight excluding hydrogens is 442 g/mol. The van der Waals surface area contributed by atoms with E-state index in [2.05, 4.69) is 31.1 Å². The Morgan fingerprint density at radius 2 is 2.04 bits per heavy atom. The second-order valence-corrected chi connectivity index (χ2v) is 8.81. The lowest BCUT2D eigenvalue weighted by Gasteiger charge is -2.38. The molecule has 0 saturated heterocycles. The SMILES string of the molecule is O=C(Nc1cccc(Br)c1Cl)c1cc2c(cn1)CN([C@H]1CC[C@@H](O)CC1)CC2. The molecule has 0 radical (unpaired) electrons. The summed E-state index contributed by atoms with van der Waals surface area (Å²) in [4.78, 5) is 19.5. The van der Waals surface area contributed by atoms with Crippen LogP contribution in [-0.2, 0) is 13.0 Å². The Balaban J connectivity index is 1.45. The molecule has 148 valence electrons. The van der Waals surface area contributed by atoms with E-state index >= 15 is 0 Å². The first-order chi connectivity index (χ1) is 13.5. The number of fused-ring (bicyclic) bond motifs is 1. The number of hydrogen-bond acceptors (Lipinski definition) is 4. The zero-order valence-electron chi connectivity index (χ0n) is 15.5. The fourth-order valence-corrected chi connectivity index (χ4v) is 4.65. The Labute approximate surface area is 178 Å². The van der Waals surface area contributed by atoms with Gasteiger partial charge in [0.15, 0.2) is 0 Å². The highest BCUT2D eigenvalue weighted by Gasteiger charge is 2.28. The smallest absolute Gasteiger partial charge is 0.274 e. The topological polar surface area (TPSA) is 65.5 Å². The van der Waals surface area contributed by atoms with E-state index in [1.54, 1.807) is 6.07 Å². The lowest BCUT2D eigenvalue weighted by Crippen LogP contribution is -2.42. The molecule has 1 aromatic heterocycles. The Morgan fingerprint density at radius 1 is 1.25 bits per heavy atom. The standard InChI is InChI=1S/C21H23BrClN3O2/c22-17-2-1-3-18(20(17)23)25-21(28)19-10-13-8-9-26(12-14(13)11-24-19)15-4-6-16(27)7-5-15/h1-3,10-11,15-16,27H,4-9,12H2,(H,25,28)/t15-,16+. The number of anilines is 1. The minimum absolute atomic E-state index is 0.130. The van der Waals surface area contributed by atoms with Gasteiger partial charge in [-0.3, -0.25) is 14.7 Å². The summed E-state index contributed by atoms with van der Waals surface area (Å²) in [6.07, 6.45) is 6.50. The van der Waals surface area contributed by atoms with Crippen molar-refractivity contribution < 1.29 is 9.90 Å². The number of nitrogens with zero attached hydrogens (tertiary/aromatic N) is 2. The van der Waals surface area contributed by atoms with Crippen LogP contribution in [0.15, 0.2) is 34.9 Å². The first-order valence-electron chi connectivity index (χ1n) is 9.66. The van der Waals surface area contributed by atoms with E-state index in [1.807, 2.05) is 24.4 Å². The first kappa shape index (κ1) is 19.8. The number of hydrogen-bond donors (Lipinski definition) is 2. The molecule has 2 aromatic rings. The molecule has 28 heavy (non-hydrogen) atoms. The van der Waals surface area contributed by atoms with Gasteiger partial charge in [0.25, 0.3) is 5.91 Å². The van der Waals surface area contributed by atoms with E-state index in [1.165, 1.54) is 11.1 Å². The van der Waals surface area contributed by atoms with Crippen molar-refractivity contribution in [2.24, 2.45) is 0 Å². The van der Waals surface area contributed by atoms with Gasteiger partial charge in [-0.15, -0.1) is 0 Å². The van der Waals surface area contributed by atoms with Gasteiger partial charge in [0.2, 0.25) is 0 Å². The quantitative estimate of drug-likeness (QED) is 0.706. The molecule has 4 rings (SSSR count). The second kappa shape index (κ2) is 8.49. The van der Waals surface area contributed by atoms with Crippen molar-refractivity contribution in [3.05, 3.63) is 56.8 Å². The summed E-state index contributed by atoms with van der Waals surface area (Å²) in [7, 11) is 0. The molecule has 0 bridgehead atoms. The number of aromatic nitrogens is 1. The van der Waals surface area contributed by atoms with Crippen molar-refractivity contribution in [1.29, 1.82) is 0 Å². The number of carbonyl (C=O) groups is 1. The van der Waals surface area contributed by atoms with E-state index in [4.69, 9.17) is 11.6 Å². The summed E-state index contributed by atoms with van der Waals surface area (Å²) in [6, 6.07) is 7.86. The zero-order valence-corrected chi connectivity index (χ0v) is 17.8. The highest BCUT2D eigenvalue weighted by molar-refractivity contribution is 9.10. The number of nitrogens with one attached hydrogen (secondary N) is 1. The van der Waals surface area contributed by atoms with E-state index in [0.29, 0.717) is 22.4 Å². The molecule has 1 fully saturated rings. The fourth-order valence-electron chi connectivity index (χ4n) is 4.11. The molecule has 2 N–H and O–H groups in total. The molecule has 1 amide bonds. The second-order valence-electron chi connectivity index (χ2n) is 7.58. The Kier molecular flexibility index (Phi) is 6.01. The van der Waals surface area contributed by atoms with Crippen LogP contribution in [0.2, 0.25) is 5.02 Å². The third-order valence-corrected chi connectivity index (χ3v) is 7.04. The highest BCUT2D eigenvalue weighted by atomic mass is 79.9. The molecule has 1 saturated carbocycles. The van der Waals surface area contributed by atoms with Gasteiger partial charge in [-0.25, -0.2) is 0 Å². The lowest BCUT2D eigenvalue weighted by atomic mass is 9.90. The largest absolute Gasteiger partial charge is 0.393 e. The van der Waals surface area contributed by atoms with Crippen LogP contribution in [0.4, 0.5) is 5.69 Å². The Morgan fingerprint density at radius 3 is 2.82 bits per heavy atom. The highest BCUT2D eigenvalue weighted by Crippen LogP contribution is 2.31. The molecule has 1 aliphatic carbocycles. The number of aliphatic hydroxyl groups is 1. The van der Waals surface area contributed by atoms with Gasteiger partial charge in [0.05, 0.1) is 16.8 Å². The van der Waals surface area contributed by atoms with Gasteiger partial charge in [0, 0.05) is 29.8 Å². The molecule has 1 aromatic carbocycles. The molecule has 7 heteroatoms. The number of benzene rings is 1. The minimum Gasteiger partial charge on any atom is -0.393 e. The Hall–Kier alpha value is -1.47. The van der Waals surface area contributed by atoms with Crippen molar-refractivity contribution >= 4 is 39.1 Å². The zero-order chi connectivity index (χ0) is 19.7. The molecular formula is C21H23BrClN3O2. The van der Waals surface area contributed by atoms with Gasteiger partial charge >= 0.3 is 0 Å². The van der Waals surface area contributed by atoms with Gasteiger partial charge in [0.1, 0.15) is 5.69 Å². The maximum Gasteiger partial charge on any atom is 0.274 e. The lowest BCUT2D eigenvalue weighted by molar-refractivity contribution is 0.0677. The van der Waals surface area contributed by atoms with Crippen LogP contribution in [-0.4, -0.2) is 39.6 Å². The van der Waals surface area contributed by atoms with E-state index in [-0.39, 0.29) is 12.0 Å². The molecule has 2 heterocycles. The van der Waals surface area contributed by atoms with Gasteiger partial charge in [-0.1, -0.05) is 17.7 Å². The monoisotopic (exact) mass is 463 g/mol. The van der Waals surface area contributed by atoms with Crippen LogP contribution in [0.1, 0.15) is 47.3 Å². The van der Waals surface area contributed by atoms with Crippen molar-refractivity contribution in [2.75, 3.05) is 11.9 Å². The van der Waals surface area contributed by atoms with Crippen molar-refractivity contribution in [3.8, 4) is 0 Å². The average Bonchev–Trinajstić information content (AvgIpc) is 2.71. The van der Waals surface area contributed by atoms with Gasteiger partial charge in [-0.2, -0.15) is 0 Å². The summed E-state index contributed by atoms with van der Waals surface area (Å²) in [5.41, 5.74) is 3.34. The normalized spacial score (nSPS) is 22.5. The maximum absolute atomic E-state index is 12.6. The number of aliphatic hydroxyl groups excluding tert-OH is 1. The van der Waals surface area contributed by atoms with Gasteiger partial charge < -0.3 is 10.4 Å². The summed E-state index contributed by atoms with van der Waals surface area (Å²) >= 11 is 9.60. The summed E-state index contributed by atoms with van der Waals surface area (Å²) in [6.45, 7) is 1.85. The summed E-state index contributed by atoms with van der Waals surface area (Å²) in [5, 5.41) is 13.0. The molecule has 0 atom stereocenters. The number of carbonyl (C=O) groups excluding carboxylic acids is 1. The van der Waals surface area contributed by atoms with Crippen LogP contribution >= 0.6 is 27.5 Å². The van der Waals surface area contributed by atoms with Crippen LogP contribution < -0.4 is 5.32 Å². The Bertz CT molecular complexity index is 884. The maximum atomic E-state index is 12.6. The van der Waals surface area contributed by atoms with E-state index < -0.39 is 0 Å². The van der Waals surface area contributed by atoms with Crippen LogP contribution in [0.3, 0.4) is 0 Å². The van der Waals surface area contributed by atoms with E-state index in [9.17, 15) is 9.90 Å². The molecule has 1 aliphatic heterocycles. The number of halogens is 2. The van der Waals surface area contributed by atoms with Crippen LogP contribution in [0, 0.1) is 0 Å². The molecule has 5 nitrogen and oxygen atoms in total. The van der Waals surface area contributed by atoms with Crippen molar-refractivity contribution in [2.45, 2.75) is 50.8 Å². The van der Waals surface area contributed by atoms with Crippen molar-refractivity contribution in [1.82, 2.24) is 9.88 Å². The molecule has 0 spiro atoms.